The predicted octanol–water partition coefficient (Wildman–Crippen LogP) is 4.13. The first-order valence-electron chi connectivity index (χ1n) is 7.40. The number of ether oxygens (including phenoxy) is 2. The fourth-order valence-electron chi connectivity index (χ4n) is 1.91. The lowest BCUT2D eigenvalue weighted by Gasteiger charge is -2.20. The number of para-hydroxylation sites is 3. The number of hydrogen-bond acceptors (Lipinski definition) is 3. The van der Waals surface area contributed by atoms with Crippen molar-refractivity contribution in [1.29, 1.82) is 0 Å². The summed E-state index contributed by atoms with van der Waals surface area (Å²) in [5.41, 5.74) is -0.0688. The van der Waals surface area contributed by atoms with Crippen molar-refractivity contribution < 1.29 is 27.4 Å². The average Bonchev–Trinajstić information content (AvgIpc) is 2.56. The summed E-state index contributed by atoms with van der Waals surface area (Å²) in [7, 11) is 1.51. The molecule has 2 aromatic carbocycles. The molecule has 0 heterocycles. The van der Waals surface area contributed by atoms with E-state index in [4.69, 9.17) is 4.74 Å². The lowest BCUT2D eigenvalue weighted by Crippen LogP contribution is -2.34. The topological polar surface area (TPSA) is 50.8 Å². The molecule has 1 N–H and O–H groups in total. The number of nitrogens with zero attached hydrogens (tertiary/aromatic N) is 1. The van der Waals surface area contributed by atoms with Crippen molar-refractivity contribution in [2.75, 3.05) is 25.5 Å². The summed E-state index contributed by atoms with van der Waals surface area (Å²) in [6.07, 6.45) is -4.84. The van der Waals surface area contributed by atoms with Crippen LogP contribution in [0.15, 0.2) is 54.6 Å². The molecule has 0 aliphatic heterocycles. The highest BCUT2D eigenvalue weighted by Gasteiger charge is 2.32. The molecule has 2 rings (SSSR count). The number of urea groups is 1. The van der Waals surface area contributed by atoms with E-state index in [9.17, 15) is 18.0 Å². The smallest absolute Gasteiger partial charge is 0.492 e. The van der Waals surface area contributed by atoms with Crippen LogP contribution in [0, 0.1) is 0 Å². The normalized spacial score (nSPS) is 10.9. The molecule has 0 spiro atoms. The second-order valence-corrected chi connectivity index (χ2v) is 5.06. The van der Waals surface area contributed by atoms with Gasteiger partial charge in [-0.05, 0) is 24.3 Å². The summed E-state index contributed by atoms with van der Waals surface area (Å²) < 4.78 is 46.5. The lowest BCUT2D eigenvalue weighted by atomic mass is 10.3. The number of rotatable bonds is 6. The molecule has 0 aliphatic rings. The number of hydrogen-bond donors (Lipinski definition) is 1. The number of alkyl halides is 3. The molecule has 2 amide bonds. The maximum atomic E-state index is 12.4. The first-order chi connectivity index (χ1) is 11.8. The van der Waals surface area contributed by atoms with Gasteiger partial charge in [-0.2, -0.15) is 0 Å². The van der Waals surface area contributed by atoms with E-state index in [-0.39, 0.29) is 18.8 Å². The van der Waals surface area contributed by atoms with Crippen molar-refractivity contribution in [3.8, 4) is 11.5 Å². The number of carbonyl (C=O) groups is 1. The summed E-state index contributed by atoms with van der Waals surface area (Å²) in [5, 5.41) is 2.39. The Morgan fingerprint density at radius 1 is 1.08 bits per heavy atom. The second-order valence-electron chi connectivity index (χ2n) is 5.06. The lowest BCUT2D eigenvalue weighted by molar-refractivity contribution is -0.274. The summed E-state index contributed by atoms with van der Waals surface area (Å²) in [4.78, 5) is 13.4. The number of likely N-dealkylation sites (N-methyl/N-ethyl adjacent to an activating group) is 1. The highest BCUT2D eigenvalue weighted by Crippen LogP contribution is 2.30. The van der Waals surface area contributed by atoms with E-state index >= 15 is 0 Å². The van der Waals surface area contributed by atoms with Crippen LogP contribution in [0.5, 0.6) is 11.5 Å². The molecule has 0 radical (unpaired) electrons. The van der Waals surface area contributed by atoms with Crippen molar-refractivity contribution in [3.63, 3.8) is 0 Å². The summed E-state index contributed by atoms with van der Waals surface area (Å²) >= 11 is 0. The Bertz CT molecular complexity index is 693. The molecular formula is C17H17F3N2O3. The van der Waals surface area contributed by atoms with Gasteiger partial charge < -0.3 is 19.7 Å². The third-order valence-corrected chi connectivity index (χ3v) is 3.14. The van der Waals surface area contributed by atoms with Gasteiger partial charge in [0.2, 0.25) is 0 Å². The molecule has 0 aliphatic carbocycles. The SMILES string of the molecule is CN(CCOc1ccccc1)C(=O)Nc1ccccc1OC(F)(F)F. The zero-order valence-corrected chi connectivity index (χ0v) is 13.4. The molecule has 134 valence electrons. The van der Waals surface area contributed by atoms with Gasteiger partial charge in [0.15, 0.2) is 5.75 Å². The van der Waals surface area contributed by atoms with Gasteiger partial charge in [0, 0.05) is 7.05 Å². The van der Waals surface area contributed by atoms with Crippen LogP contribution in [0.2, 0.25) is 0 Å². The molecule has 0 unspecified atom stereocenters. The Morgan fingerprint density at radius 3 is 2.40 bits per heavy atom. The van der Waals surface area contributed by atoms with Crippen molar-refractivity contribution in [2.24, 2.45) is 0 Å². The van der Waals surface area contributed by atoms with Crippen LogP contribution in [-0.2, 0) is 0 Å². The minimum Gasteiger partial charge on any atom is -0.492 e. The van der Waals surface area contributed by atoms with Crippen LogP contribution in [0.4, 0.5) is 23.7 Å². The summed E-state index contributed by atoms with van der Waals surface area (Å²) in [5.74, 6) is 0.192. The van der Waals surface area contributed by atoms with Gasteiger partial charge in [0.25, 0.3) is 0 Å². The zero-order chi connectivity index (χ0) is 18.3. The van der Waals surface area contributed by atoms with Gasteiger partial charge in [-0.15, -0.1) is 13.2 Å². The van der Waals surface area contributed by atoms with E-state index in [1.165, 1.54) is 30.1 Å². The highest BCUT2D eigenvalue weighted by molar-refractivity contribution is 5.90. The molecule has 0 bridgehead atoms. The quantitative estimate of drug-likeness (QED) is 0.849. The molecule has 8 heteroatoms. The Kier molecular flexibility index (Phi) is 6.10. The van der Waals surface area contributed by atoms with Crippen LogP contribution >= 0.6 is 0 Å². The number of carbonyl (C=O) groups excluding carboxylic acids is 1. The van der Waals surface area contributed by atoms with E-state index in [2.05, 4.69) is 10.1 Å². The zero-order valence-electron chi connectivity index (χ0n) is 13.4. The number of nitrogens with one attached hydrogen (secondary N) is 1. The van der Waals surface area contributed by atoms with Gasteiger partial charge in [-0.25, -0.2) is 4.79 Å². The maximum absolute atomic E-state index is 12.4. The maximum Gasteiger partial charge on any atom is 0.573 e. The Morgan fingerprint density at radius 2 is 1.72 bits per heavy atom. The fraction of sp³-hybridized carbons (Fsp3) is 0.235. The summed E-state index contributed by atoms with van der Waals surface area (Å²) in [6.45, 7) is 0.498. The van der Waals surface area contributed by atoms with Crippen LogP contribution in [0.1, 0.15) is 0 Å². The third-order valence-electron chi connectivity index (χ3n) is 3.14. The average molecular weight is 354 g/mol. The predicted molar refractivity (Wildman–Crippen MR) is 86.7 cm³/mol. The molecule has 0 saturated heterocycles. The van der Waals surface area contributed by atoms with E-state index in [1.807, 2.05) is 18.2 Å². The van der Waals surface area contributed by atoms with E-state index in [0.29, 0.717) is 5.75 Å². The van der Waals surface area contributed by atoms with Crippen molar-refractivity contribution in [2.45, 2.75) is 6.36 Å². The molecule has 2 aromatic rings. The Hall–Kier alpha value is -2.90. The molecule has 25 heavy (non-hydrogen) atoms. The van der Waals surface area contributed by atoms with E-state index in [1.54, 1.807) is 12.1 Å². The molecule has 0 aromatic heterocycles. The third kappa shape index (κ3) is 6.25. The van der Waals surface area contributed by atoms with E-state index in [0.717, 1.165) is 6.07 Å². The number of amides is 2. The second kappa shape index (κ2) is 8.27. The van der Waals surface area contributed by atoms with Crippen molar-refractivity contribution >= 4 is 11.7 Å². The minimum absolute atomic E-state index is 0.0688. The van der Waals surface area contributed by atoms with Gasteiger partial charge in [-0.3, -0.25) is 0 Å². The highest BCUT2D eigenvalue weighted by atomic mass is 19.4. The monoisotopic (exact) mass is 354 g/mol. The first-order valence-corrected chi connectivity index (χ1v) is 7.40. The van der Waals surface area contributed by atoms with Gasteiger partial charge in [0.05, 0.1) is 12.2 Å². The van der Waals surface area contributed by atoms with Gasteiger partial charge >= 0.3 is 12.4 Å². The number of anilines is 1. The van der Waals surface area contributed by atoms with E-state index < -0.39 is 18.1 Å². The molecule has 0 atom stereocenters. The van der Waals surface area contributed by atoms with Crippen LogP contribution in [0.3, 0.4) is 0 Å². The molecule has 0 saturated carbocycles. The Labute approximate surface area is 143 Å². The first kappa shape index (κ1) is 18.4. The standard InChI is InChI=1S/C17H17F3N2O3/c1-22(11-12-24-13-7-3-2-4-8-13)16(23)21-14-9-5-6-10-15(14)25-17(18,19)20/h2-10H,11-12H2,1H3,(H,21,23). The van der Waals surface area contributed by atoms with Crippen LogP contribution in [-0.4, -0.2) is 37.5 Å². The fourth-order valence-corrected chi connectivity index (χ4v) is 1.91. The van der Waals surface area contributed by atoms with Crippen molar-refractivity contribution in [1.82, 2.24) is 4.90 Å². The largest absolute Gasteiger partial charge is 0.573 e. The van der Waals surface area contributed by atoms with Crippen LogP contribution in [0.25, 0.3) is 0 Å². The number of halogens is 3. The minimum atomic E-state index is -4.84. The van der Waals surface area contributed by atoms with Crippen LogP contribution < -0.4 is 14.8 Å². The summed E-state index contributed by atoms with van der Waals surface area (Å²) in [6, 6.07) is 13.8. The molecular weight excluding hydrogens is 337 g/mol. The van der Waals surface area contributed by atoms with Gasteiger partial charge in [0.1, 0.15) is 12.4 Å². The van der Waals surface area contributed by atoms with Gasteiger partial charge in [-0.1, -0.05) is 30.3 Å². The molecule has 5 nitrogen and oxygen atoms in total. The van der Waals surface area contributed by atoms with Crippen molar-refractivity contribution in [3.05, 3.63) is 54.6 Å². The number of benzene rings is 2. The Balaban J connectivity index is 1.88. The molecule has 0 fully saturated rings.